The van der Waals surface area contributed by atoms with E-state index in [-0.39, 0.29) is 43.6 Å². The van der Waals surface area contributed by atoms with Gasteiger partial charge in [-0.25, -0.2) is 4.79 Å². The van der Waals surface area contributed by atoms with Gasteiger partial charge >= 0.3 is 5.97 Å². The number of aromatic amines is 1. The lowest BCUT2D eigenvalue weighted by atomic mass is 9.98. The highest BCUT2D eigenvalue weighted by molar-refractivity contribution is 5.95. The second-order valence-corrected chi connectivity index (χ2v) is 11.1. The number of nitrogens with one attached hydrogen (secondary N) is 4. The molecule has 0 bridgehead atoms. The van der Waals surface area contributed by atoms with E-state index < -0.39 is 47.9 Å². The summed E-state index contributed by atoms with van der Waals surface area (Å²) in [7, 11) is 0. The largest absolute Gasteiger partial charge is 0.480 e. The minimum atomic E-state index is -1.17. The van der Waals surface area contributed by atoms with Crippen molar-refractivity contribution >= 4 is 40.6 Å². The second kappa shape index (κ2) is 16.3. The molecule has 1 aromatic carbocycles. The first-order valence-corrected chi connectivity index (χ1v) is 14.3. The van der Waals surface area contributed by atoms with E-state index in [1.54, 1.807) is 6.20 Å². The number of hydrogen-bond donors (Lipinski definition) is 8. The molecule has 0 aliphatic rings. The van der Waals surface area contributed by atoms with Crippen LogP contribution in [0.1, 0.15) is 58.9 Å². The molecule has 1 aromatic heterocycles. The molecule has 11 N–H and O–H groups in total. The molecule has 2 rings (SSSR count). The van der Waals surface area contributed by atoms with Gasteiger partial charge in [-0.1, -0.05) is 52.3 Å². The fraction of sp³-hybridized carbons (Fsp3) is 0.552. The Kier molecular flexibility index (Phi) is 13.3. The molecule has 0 radical (unpaired) electrons. The summed E-state index contributed by atoms with van der Waals surface area (Å²) in [5.74, 6) is -3.13. The number of hydrogen-bond acceptors (Lipinski definition) is 6. The van der Waals surface area contributed by atoms with Crippen LogP contribution in [0.15, 0.2) is 35.5 Å². The molecule has 1 heterocycles. The average Bonchev–Trinajstić information content (AvgIpc) is 3.35. The third-order valence-corrected chi connectivity index (χ3v) is 7.19. The van der Waals surface area contributed by atoms with Crippen LogP contribution in [0.2, 0.25) is 0 Å². The number of nitrogens with two attached hydrogens (primary N) is 3. The molecular formula is C29H46N8O5. The van der Waals surface area contributed by atoms with Gasteiger partial charge in [-0.2, -0.15) is 0 Å². The highest BCUT2D eigenvalue weighted by Gasteiger charge is 2.31. The number of carbonyl (C=O) groups is 4. The van der Waals surface area contributed by atoms with Crippen molar-refractivity contribution in [3.8, 4) is 0 Å². The Hall–Kier alpha value is -4.13. The maximum atomic E-state index is 13.6. The fourth-order valence-electron chi connectivity index (χ4n) is 4.52. The highest BCUT2D eigenvalue weighted by atomic mass is 16.4. The summed E-state index contributed by atoms with van der Waals surface area (Å²) >= 11 is 0. The van der Waals surface area contributed by atoms with Gasteiger partial charge < -0.3 is 43.2 Å². The van der Waals surface area contributed by atoms with Gasteiger partial charge in [-0.05, 0) is 42.7 Å². The number of rotatable bonds is 17. The number of fused-ring (bicyclic) bond motifs is 1. The van der Waals surface area contributed by atoms with Gasteiger partial charge in [-0.3, -0.25) is 19.4 Å². The molecule has 5 unspecified atom stereocenters. The first-order chi connectivity index (χ1) is 19.8. The average molecular weight is 587 g/mol. The molecule has 3 amide bonds. The van der Waals surface area contributed by atoms with Crippen LogP contribution in [0.4, 0.5) is 0 Å². The van der Waals surface area contributed by atoms with Crippen molar-refractivity contribution in [2.24, 2.45) is 34.0 Å². The molecule has 0 aliphatic heterocycles. The topological polar surface area (TPSA) is 231 Å². The monoisotopic (exact) mass is 586 g/mol. The lowest BCUT2D eigenvalue weighted by Gasteiger charge is -2.26. The standard InChI is InChI=1S/C29H46N8O5/c1-5-17(4)24(30)27(40)35-21(11-8-12-33-29(31)32)25(38)36-22(26(39)37-23(28(41)42)13-16(2)3)14-18-15-34-20-10-7-6-9-19(18)20/h6-7,9-10,15-17,21-24,34H,5,8,11-14,30H2,1-4H3,(H,35,40)(H,36,38)(H,37,39)(H,41,42)(H4,31,32,33). The third-order valence-electron chi connectivity index (χ3n) is 7.19. The SMILES string of the molecule is CCC(C)C(N)C(=O)NC(CCCN=C(N)N)C(=O)NC(Cc1c[nH]c2ccccc12)C(=O)NC(CC(C)C)C(=O)O. The Morgan fingerprint density at radius 1 is 0.952 bits per heavy atom. The van der Waals surface area contributed by atoms with E-state index in [0.717, 1.165) is 16.5 Å². The first kappa shape index (κ1) is 34.1. The normalized spacial score (nSPS) is 14.8. The van der Waals surface area contributed by atoms with Gasteiger partial charge in [0.1, 0.15) is 18.1 Å². The zero-order valence-electron chi connectivity index (χ0n) is 24.9. The molecule has 2 aromatic rings. The number of amides is 3. The van der Waals surface area contributed by atoms with E-state index in [1.165, 1.54) is 0 Å². The minimum absolute atomic E-state index is 0.00703. The van der Waals surface area contributed by atoms with Gasteiger partial charge in [0.25, 0.3) is 0 Å². The summed E-state index contributed by atoms with van der Waals surface area (Å²) in [4.78, 5) is 59.0. The van der Waals surface area contributed by atoms with Crippen LogP contribution in [0.3, 0.4) is 0 Å². The van der Waals surface area contributed by atoms with Gasteiger partial charge in [0.2, 0.25) is 17.7 Å². The van der Waals surface area contributed by atoms with Crippen molar-refractivity contribution in [2.45, 2.75) is 84.0 Å². The van der Waals surface area contributed by atoms with E-state index in [2.05, 4.69) is 25.9 Å². The summed E-state index contributed by atoms with van der Waals surface area (Å²) in [5, 5.41) is 18.6. The van der Waals surface area contributed by atoms with Crippen molar-refractivity contribution < 1.29 is 24.3 Å². The summed E-state index contributed by atoms with van der Waals surface area (Å²) in [6.45, 7) is 7.69. The van der Waals surface area contributed by atoms with E-state index >= 15 is 0 Å². The number of aromatic nitrogens is 1. The number of H-pyrrole nitrogens is 1. The van der Waals surface area contributed by atoms with Crippen molar-refractivity contribution in [1.82, 2.24) is 20.9 Å². The summed E-state index contributed by atoms with van der Waals surface area (Å²) in [6.07, 6.45) is 3.25. The highest BCUT2D eigenvalue weighted by Crippen LogP contribution is 2.20. The fourth-order valence-corrected chi connectivity index (χ4v) is 4.52. The number of para-hydroxylation sites is 1. The van der Waals surface area contributed by atoms with E-state index in [0.29, 0.717) is 12.8 Å². The van der Waals surface area contributed by atoms with Crippen LogP contribution in [-0.2, 0) is 25.6 Å². The molecule has 0 saturated heterocycles. The maximum absolute atomic E-state index is 13.6. The predicted octanol–water partition coefficient (Wildman–Crippen LogP) is 0.723. The number of carbonyl (C=O) groups excluding carboxylic acids is 3. The number of aliphatic carboxylic acids is 1. The number of nitrogens with zero attached hydrogens (tertiary/aromatic N) is 1. The minimum Gasteiger partial charge on any atom is -0.480 e. The molecule has 5 atom stereocenters. The lowest BCUT2D eigenvalue weighted by Crippen LogP contribution is -2.58. The van der Waals surface area contributed by atoms with Crippen molar-refractivity contribution in [1.29, 1.82) is 0 Å². The Morgan fingerprint density at radius 2 is 1.57 bits per heavy atom. The van der Waals surface area contributed by atoms with Crippen molar-refractivity contribution in [3.63, 3.8) is 0 Å². The third kappa shape index (κ3) is 10.4. The van der Waals surface area contributed by atoms with Crippen LogP contribution < -0.4 is 33.2 Å². The lowest BCUT2D eigenvalue weighted by molar-refractivity contribution is -0.142. The summed E-state index contributed by atoms with van der Waals surface area (Å²) < 4.78 is 0. The van der Waals surface area contributed by atoms with Crippen LogP contribution >= 0.6 is 0 Å². The van der Waals surface area contributed by atoms with Gasteiger partial charge in [0, 0.05) is 30.1 Å². The Labute approximate surface area is 246 Å². The van der Waals surface area contributed by atoms with Gasteiger partial charge in [-0.15, -0.1) is 0 Å². The molecule has 0 saturated carbocycles. The Balaban J connectivity index is 2.35. The Morgan fingerprint density at radius 3 is 2.19 bits per heavy atom. The van der Waals surface area contributed by atoms with Crippen LogP contribution in [0.5, 0.6) is 0 Å². The Bertz CT molecular complexity index is 1240. The predicted molar refractivity (Wildman–Crippen MR) is 162 cm³/mol. The molecule has 13 nitrogen and oxygen atoms in total. The number of aliphatic imine (C=N–C) groups is 1. The number of carboxylic acids is 1. The van der Waals surface area contributed by atoms with E-state index in [1.807, 2.05) is 52.0 Å². The van der Waals surface area contributed by atoms with Gasteiger partial charge in [0.15, 0.2) is 5.96 Å². The first-order valence-electron chi connectivity index (χ1n) is 14.3. The van der Waals surface area contributed by atoms with E-state index in [9.17, 15) is 24.3 Å². The summed E-state index contributed by atoms with van der Waals surface area (Å²) in [6, 6.07) is 3.37. The molecule has 232 valence electrons. The zero-order chi connectivity index (χ0) is 31.4. The van der Waals surface area contributed by atoms with Crippen molar-refractivity contribution in [2.75, 3.05) is 6.54 Å². The van der Waals surface area contributed by atoms with Gasteiger partial charge in [0.05, 0.1) is 6.04 Å². The van der Waals surface area contributed by atoms with Crippen molar-refractivity contribution in [3.05, 3.63) is 36.0 Å². The molecule has 0 aliphatic carbocycles. The molecule has 0 spiro atoms. The quantitative estimate of drug-likeness (QED) is 0.0746. The molecule has 42 heavy (non-hydrogen) atoms. The van der Waals surface area contributed by atoms with Crippen LogP contribution in [-0.4, -0.2) is 70.5 Å². The molecule has 13 heteroatoms. The smallest absolute Gasteiger partial charge is 0.326 e. The van der Waals surface area contributed by atoms with Crippen LogP contribution in [0.25, 0.3) is 10.9 Å². The number of benzene rings is 1. The molecular weight excluding hydrogens is 540 g/mol. The summed E-state index contributed by atoms with van der Waals surface area (Å²) in [5.41, 5.74) is 18.5. The number of guanidine groups is 1. The number of carboxylic acid groups (broad SMARTS) is 1. The zero-order valence-corrected chi connectivity index (χ0v) is 24.9. The van der Waals surface area contributed by atoms with E-state index in [4.69, 9.17) is 17.2 Å². The second-order valence-electron chi connectivity index (χ2n) is 11.1. The molecule has 0 fully saturated rings. The van der Waals surface area contributed by atoms with Crippen LogP contribution in [0, 0.1) is 11.8 Å². The maximum Gasteiger partial charge on any atom is 0.326 e.